The molecule has 0 aromatic carbocycles. The van der Waals surface area contributed by atoms with Crippen LogP contribution in [0.2, 0.25) is 0 Å². The van der Waals surface area contributed by atoms with Gasteiger partial charge in [-0.3, -0.25) is 9.78 Å². The van der Waals surface area contributed by atoms with Gasteiger partial charge < -0.3 is 14.8 Å². The summed E-state index contributed by atoms with van der Waals surface area (Å²) in [4.78, 5) is 52.9. The average molecular weight is 585 g/mol. The van der Waals surface area contributed by atoms with Crippen molar-refractivity contribution in [2.45, 2.75) is 76.9 Å². The maximum absolute atomic E-state index is 14.2. The van der Waals surface area contributed by atoms with Crippen LogP contribution in [0.4, 0.5) is 19.7 Å². The Morgan fingerprint density at radius 3 is 2.27 bits per heavy atom. The molecule has 2 aromatic rings. The fourth-order valence-electron chi connectivity index (χ4n) is 3.71. The third kappa shape index (κ3) is 8.47. The predicted octanol–water partition coefficient (Wildman–Crippen LogP) is 5.82. The number of pyridine rings is 2. The van der Waals surface area contributed by atoms with Crippen molar-refractivity contribution in [3.63, 3.8) is 0 Å². The molecule has 0 spiro atoms. The van der Waals surface area contributed by atoms with E-state index in [4.69, 9.17) is 19.7 Å². The van der Waals surface area contributed by atoms with Crippen LogP contribution in [-0.4, -0.2) is 61.3 Å². The molecule has 2 aromatic heterocycles. The SMILES string of the molecule is CC(C)(C)OC(=O)N(C(=O)OC(C)(C)C)C1=N[C@](C)(c2cc(NC(=O)c3ccc(C#N)cn3)ccn2)C[C@@H](CF)S1. The number of imide groups is 1. The summed E-state index contributed by atoms with van der Waals surface area (Å²) in [6.45, 7) is 10.8. The van der Waals surface area contributed by atoms with Crippen molar-refractivity contribution < 1.29 is 28.2 Å². The van der Waals surface area contributed by atoms with Gasteiger partial charge in [-0.05, 0) is 79.2 Å². The van der Waals surface area contributed by atoms with Gasteiger partial charge >= 0.3 is 12.2 Å². The van der Waals surface area contributed by atoms with Gasteiger partial charge in [-0.25, -0.2) is 24.0 Å². The number of amidine groups is 1. The van der Waals surface area contributed by atoms with E-state index in [-0.39, 0.29) is 17.3 Å². The molecule has 1 N–H and O–H groups in total. The van der Waals surface area contributed by atoms with E-state index < -0.39 is 46.8 Å². The van der Waals surface area contributed by atoms with Gasteiger partial charge in [-0.15, -0.1) is 0 Å². The Balaban J connectivity index is 1.99. The highest BCUT2D eigenvalue weighted by Crippen LogP contribution is 2.41. The van der Waals surface area contributed by atoms with Crippen LogP contribution in [0.15, 0.2) is 41.7 Å². The Bertz CT molecular complexity index is 1350. The standard InChI is InChI=1S/C28H33FN6O5S/c1-26(2,3)39-24(37)35(25(38)40-27(4,5)6)23-34-28(7,13-19(14-29)41-23)21-12-18(10-11-31-21)33-22(36)20-9-8-17(15-30)16-32-20/h8-12,16,19H,13-14H2,1-7H3,(H,31,33,36)/t19-,28-/m0/s1. The van der Waals surface area contributed by atoms with Crippen LogP contribution in [0.5, 0.6) is 0 Å². The van der Waals surface area contributed by atoms with E-state index in [9.17, 15) is 18.8 Å². The number of anilines is 1. The lowest BCUT2D eigenvalue weighted by Gasteiger charge is -2.37. The van der Waals surface area contributed by atoms with Crippen molar-refractivity contribution in [1.82, 2.24) is 14.9 Å². The number of alkyl halides is 1. The fourth-order valence-corrected chi connectivity index (χ4v) is 4.98. The molecular weight excluding hydrogens is 551 g/mol. The van der Waals surface area contributed by atoms with Crippen LogP contribution < -0.4 is 5.32 Å². The third-order valence-electron chi connectivity index (χ3n) is 5.45. The minimum atomic E-state index is -1.19. The Morgan fingerprint density at radius 2 is 1.76 bits per heavy atom. The molecule has 0 saturated carbocycles. The zero-order chi connectivity index (χ0) is 30.6. The first-order valence-electron chi connectivity index (χ1n) is 12.8. The number of hydrogen-bond donors (Lipinski definition) is 1. The Labute approximate surface area is 242 Å². The van der Waals surface area contributed by atoms with Crippen molar-refractivity contribution in [2.75, 3.05) is 12.0 Å². The highest BCUT2D eigenvalue weighted by Gasteiger charge is 2.43. The molecule has 2 atom stereocenters. The molecule has 0 bridgehead atoms. The number of nitrogens with zero attached hydrogens (tertiary/aromatic N) is 5. The molecule has 3 heterocycles. The number of aromatic nitrogens is 2. The molecule has 218 valence electrons. The third-order valence-corrected chi connectivity index (χ3v) is 6.56. The lowest BCUT2D eigenvalue weighted by atomic mass is 9.91. The number of nitriles is 1. The Kier molecular flexibility index (Phi) is 9.38. The molecule has 0 saturated heterocycles. The minimum absolute atomic E-state index is 0.0945. The average Bonchev–Trinajstić information content (AvgIpc) is 2.86. The van der Waals surface area contributed by atoms with Crippen LogP contribution >= 0.6 is 11.8 Å². The van der Waals surface area contributed by atoms with E-state index >= 15 is 0 Å². The van der Waals surface area contributed by atoms with Gasteiger partial charge in [0.2, 0.25) is 0 Å². The van der Waals surface area contributed by atoms with Crippen LogP contribution in [0, 0.1) is 11.3 Å². The summed E-state index contributed by atoms with van der Waals surface area (Å²) in [6.07, 6.45) is 0.925. The molecule has 1 aliphatic rings. The Morgan fingerprint density at radius 1 is 1.12 bits per heavy atom. The maximum Gasteiger partial charge on any atom is 0.426 e. The highest BCUT2D eigenvalue weighted by molar-refractivity contribution is 8.14. The van der Waals surface area contributed by atoms with Gasteiger partial charge in [0.25, 0.3) is 5.91 Å². The lowest BCUT2D eigenvalue weighted by Crippen LogP contribution is -2.48. The zero-order valence-electron chi connectivity index (χ0n) is 24.0. The molecule has 0 radical (unpaired) electrons. The number of carbonyl (C=O) groups is 3. The summed E-state index contributed by atoms with van der Waals surface area (Å²) in [5.74, 6) is -0.511. The number of ether oxygens (including phenoxy) is 2. The summed E-state index contributed by atoms with van der Waals surface area (Å²) in [5.41, 5.74) is -1.89. The number of thioether (sulfide) groups is 1. The first-order chi connectivity index (χ1) is 19.0. The summed E-state index contributed by atoms with van der Waals surface area (Å²) in [6, 6.07) is 8.00. The van der Waals surface area contributed by atoms with Crippen LogP contribution in [-0.2, 0) is 15.0 Å². The molecule has 13 heteroatoms. The molecule has 41 heavy (non-hydrogen) atoms. The molecule has 11 nitrogen and oxygen atoms in total. The van der Waals surface area contributed by atoms with E-state index in [2.05, 4.69) is 15.3 Å². The lowest BCUT2D eigenvalue weighted by molar-refractivity contribution is 0.0150. The molecule has 0 aliphatic carbocycles. The van der Waals surface area contributed by atoms with Gasteiger partial charge in [0.1, 0.15) is 35.2 Å². The van der Waals surface area contributed by atoms with E-state index in [1.807, 2.05) is 6.07 Å². The molecule has 0 fully saturated rings. The summed E-state index contributed by atoms with van der Waals surface area (Å²) in [7, 11) is 0. The van der Waals surface area contributed by atoms with Crippen molar-refractivity contribution in [3.8, 4) is 6.07 Å². The summed E-state index contributed by atoms with van der Waals surface area (Å²) in [5, 5.41) is 10.9. The molecule has 0 unspecified atom stereocenters. The monoisotopic (exact) mass is 584 g/mol. The van der Waals surface area contributed by atoms with Gasteiger partial charge in [0, 0.05) is 23.3 Å². The number of nitrogens with one attached hydrogen (secondary N) is 1. The molecule has 1 aliphatic heterocycles. The van der Waals surface area contributed by atoms with Crippen molar-refractivity contribution in [1.29, 1.82) is 5.26 Å². The fraction of sp³-hybridized carbons (Fsp3) is 0.464. The number of rotatable bonds is 4. The summed E-state index contributed by atoms with van der Waals surface area (Å²) >= 11 is 0.931. The predicted molar refractivity (Wildman–Crippen MR) is 152 cm³/mol. The number of hydrogen-bond acceptors (Lipinski definition) is 10. The molecule has 3 rings (SSSR count). The van der Waals surface area contributed by atoms with Crippen LogP contribution in [0.3, 0.4) is 0 Å². The largest absolute Gasteiger partial charge is 0.443 e. The molecular formula is C28H33FN6O5S. The normalized spacial score (nSPS) is 18.9. The van der Waals surface area contributed by atoms with Gasteiger partial charge in [-0.1, -0.05) is 11.8 Å². The Hall–Kier alpha value is -4.05. The second-order valence-corrected chi connectivity index (χ2v) is 12.8. The van der Waals surface area contributed by atoms with Crippen LogP contribution in [0.25, 0.3) is 0 Å². The van der Waals surface area contributed by atoms with E-state index in [1.165, 1.54) is 24.5 Å². The first kappa shape index (κ1) is 31.5. The second-order valence-electron chi connectivity index (χ2n) is 11.5. The first-order valence-corrected chi connectivity index (χ1v) is 13.6. The second kappa shape index (κ2) is 12.2. The van der Waals surface area contributed by atoms with Gasteiger partial charge in [0.15, 0.2) is 5.17 Å². The van der Waals surface area contributed by atoms with E-state index in [0.29, 0.717) is 21.8 Å². The number of carbonyl (C=O) groups excluding carboxylic acids is 3. The van der Waals surface area contributed by atoms with E-state index in [0.717, 1.165) is 11.8 Å². The van der Waals surface area contributed by atoms with Crippen molar-refractivity contribution >= 4 is 40.7 Å². The quantitative estimate of drug-likeness (QED) is 0.469. The van der Waals surface area contributed by atoms with Crippen LogP contribution in [0.1, 0.15) is 76.6 Å². The minimum Gasteiger partial charge on any atom is -0.443 e. The molecule has 3 amide bonds. The zero-order valence-corrected chi connectivity index (χ0v) is 24.8. The van der Waals surface area contributed by atoms with Gasteiger partial charge in [-0.2, -0.15) is 10.2 Å². The number of halogens is 1. The number of aliphatic imine (C=N–C) groups is 1. The highest BCUT2D eigenvalue weighted by atomic mass is 32.2. The topological polar surface area (TPSA) is 147 Å². The smallest absolute Gasteiger partial charge is 0.426 e. The summed E-state index contributed by atoms with van der Waals surface area (Å²) < 4.78 is 25.1. The van der Waals surface area contributed by atoms with E-state index in [1.54, 1.807) is 60.6 Å². The van der Waals surface area contributed by atoms with Crippen molar-refractivity contribution in [2.24, 2.45) is 4.99 Å². The van der Waals surface area contributed by atoms with Crippen molar-refractivity contribution in [3.05, 3.63) is 53.6 Å². The maximum atomic E-state index is 14.2. The number of amides is 3. The van der Waals surface area contributed by atoms with Gasteiger partial charge in [0.05, 0.1) is 11.3 Å².